The number of carbonyl (C=O) groups is 2. The van der Waals surface area contributed by atoms with Crippen LogP contribution in [0.5, 0.6) is 0 Å². The second-order valence-electron chi connectivity index (χ2n) is 7.48. The van der Waals surface area contributed by atoms with Gasteiger partial charge in [-0.05, 0) is 50.2 Å². The first-order valence-corrected chi connectivity index (χ1v) is 10.1. The van der Waals surface area contributed by atoms with Crippen LogP contribution in [0.4, 0.5) is 5.69 Å². The molecule has 4 aromatic rings. The third kappa shape index (κ3) is 4.13. The van der Waals surface area contributed by atoms with Gasteiger partial charge in [0.15, 0.2) is 5.65 Å². The highest BCUT2D eigenvalue weighted by atomic mass is 16.2. The predicted molar refractivity (Wildman–Crippen MR) is 121 cm³/mol. The van der Waals surface area contributed by atoms with Crippen LogP contribution in [0.25, 0.3) is 16.7 Å². The Morgan fingerprint density at radius 2 is 1.72 bits per heavy atom. The van der Waals surface area contributed by atoms with Gasteiger partial charge in [0.25, 0.3) is 5.56 Å². The van der Waals surface area contributed by atoms with Crippen molar-refractivity contribution in [1.29, 1.82) is 0 Å². The monoisotopic (exact) mass is 430 g/mol. The Morgan fingerprint density at radius 3 is 2.38 bits per heavy atom. The number of anilines is 1. The summed E-state index contributed by atoms with van der Waals surface area (Å²) in [6.07, 6.45) is 1.58. The zero-order valence-corrected chi connectivity index (χ0v) is 17.7. The quantitative estimate of drug-likeness (QED) is 0.486. The summed E-state index contributed by atoms with van der Waals surface area (Å²) >= 11 is 0. The van der Waals surface area contributed by atoms with E-state index in [9.17, 15) is 14.4 Å². The number of nitrogens with zero attached hydrogens (tertiary/aromatic N) is 4. The average Bonchev–Trinajstić information content (AvgIpc) is 3.18. The Bertz CT molecular complexity index is 1370. The maximum absolute atomic E-state index is 13.0. The van der Waals surface area contributed by atoms with Gasteiger partial charge in [0, 0.05) is 24.2 Å². The van der Waals surface area contributed by atoms with E-state index in [0.29, 0.717) is 28.1 Å². The van der Waals surface area contributed by atoms with Crippen molar-refractivity contribution < 1.29 is 9.59 Å². The largest absolute Gasteiger partial charge is 0.366 e. The van der Waals surface area contributed by atoms with Gasteiger partial charge < -0.3 is 11.1 Å². The molecule has 2 aromatic heterocycles. The molecular weight excluding hydrogens is 408 g/mol. The summed E-state index contributed by atoms with van der Waals surface area (Å²) in [5, 5.41) is 7.47. The number of nitrogens with two attached hydrogens (primary N) is 1. The van der Waals surface area contributed by atoms with Gasteiger partial charge in [-0.25, -0.2) is 9.67 Å². The number of hydrogen-bond donors (Lipinski definition) is 2. The smallest absolute Gasteiger partial charge is 0.264 e. The highest BCUT2D eigenvalue weighted by Gasteiger charge is 2.15. The summed E-state index contributed by atoms with van der Waals surface area (Å²) in [6.45, 7) is 3.90. The predicted octanol–water partition coefficient (Wildman–Crippen LogP) is 2.33. The molecule has 2 heterocycles. The fraction of sp³-hybridized carbons (Fsp3) is 0.174. The van der Waals surface area contributed by atoms with Gasteiger partial charge in [0.1, 0.15) is 11.2 Å². The van der Waals surface area contributed by atoms with Gasteiger partial charge in [-0.15, -0.1) is 0 Å². The van der Waals surface area contributed by atoms with Crippen molar-refractivity contribution >= 4 is 28.5 Å². The molecule has 0 bridgehead atoms. The molecule has 0 aliphatic heterocycles. The summed E-state index contributed by atoms with van der Waals surface area (Å²) in [6, 6.07) is 14.1. The molecule has 4 rings (SSSR count). The van der Waals surface area contributed by atoms with Crippen LogP contribution in [0.2, 0.25) is 0 Å². The maximum atomic E-state index is 13.0. The first-order valence-electron chi connectivity index (χ1n) is 10.1. The van der Waals surface area contributed by atoms with Crippen LogP contribution >= 0.6 is 0 Å². The fourth-order valence-corrected chi connectivity index (χ4v) is 3.40. The number of aryl methyl sites for hydroxylation is 2. The summed E-state index contributed by atoms with van der Waals surface area (Å²) in [7, 11) is 0. The minimum absolute atomic E-state index is 0.0810. The van der Waals surface area contributed by atoms with Gasteiger partial charge >= 0.3 is 0 Å². The van der Waals surface area contributed by atoms with Crippen LogP contribution in [-0.2, 0) is 11.3 Å². The third-order valence-corrected chi connectivity index (χ3v) is 5.17. The van der Waals surface area contributed by atoms with E-state index >= 15 is 0 Å². The first kappa shape index (κ1) is 21.0. The summed E-state index contributed by atoms with van der Waals surface area (Å²) in [4.78, 5) is 41.1. The zero-order chi connectivity index (χ0) is 22.8. The second-order valence-corrected chi connectivity index (χ2v) is 7.48. The molecule has 0 saturated carbocycles. The van der Waals surface area contributed by atoms with E-state index in [0.717, 1.165) is 11.3 Å². The highest BCUT2D eigenvalue weighted by Crippen LogP contribution is 2.16. The number of benzene rings is 2. The number of rotatable bonds is 6. The Kier molecular flexibility index (Phi) is 5.55. The van der Waals surface area contributed by atoms with Gasteiger partial charge in [0.2, 0.25) is 11.8 Å². The molecule has 3 N–H and O–H groups in total. The van der Waals surface area contributed by atoms with Crippen LogP contribution in [0.1, 0.15) is 28.2 Å². The minimum Gasteiger partial charge on any atom is -0.366 e. The summed E-state index contributed by atoms with van der Waals surface area (Å²) in [5.74, 6) is -0.306. The standard InChI is InChI=1S/C23H22N6O3/c1-14-3-9-18(10-4-14)29-22-19(13-25-29)23(32)28(15(2)26-22)12-11-20(30)27-17-7-5-16(6-8-17)21(24)31/h3-10,13H,11-12H2,1-2H3,(H2,24,31)(H,27,30). The lowest BCUT2D eigenvalue weighted by atomic mass is 10.2. The lowest BCUT2D eigenvalue weighted by molar-refractivity contribution is -0.116. The molecule has 0 aliphatic rings. The molecule has 0 radical (unpaired) electrons. The Balaban J connectivity index is 1.52. The van der Waals surface area contributed by atoms with E-state index in [-0.39, 0.29) is 24.4 Å². The lowest BCUT2D eigenvalue weighted by Gasteiger charge is -2.11. The van der Waals surface area contributed by atoms with E-state index in [2.05, 4.69) is 15.4 Å². The SMILES string of the molecule is Cc1ccc(-n2ncc3c(=O)n(CCC(=O)Nc4ccc(C(N)=O)cc4)c(C)nc32)cc1. The molecule has 0 fully saturated rings. The number of carbonyl (C=O) groups excluding carboxylic acids is 2. The Hall–Kier alpha value is -4.27. The Morgan fingerprint density at radius 1 is 1.03 bits per heavy atom. The van der Waals surface area contributed by atoms with Crippen molar-refractivity contribution in [2.45, 2.75) is 26.8 Å². The number of aromatic nitrogens is 4. The van der Waals surface area contributed by atoms with Crippen LogP contribution in [0.15, 0.2) is 59.5 Å². The zero-order valence-electron chi connectivity index (χ0n) is 17.7. The van der Waals surface area contributed by atoms with Gasteiger partial charge in [-0.1, -0.05) is 17.7 Å². The third-order valence-electron chi connectivity index (χ3n) is 5.17. The van der Waals surface area contributed by atoms with E-state index in [4.69, 9.17) is 5.73 Å². The topological polar surface area (TPSA) is 125 Å². The molecule has 162 valence electrons. The van der Waals surface area contributed by atoms with E-state index in [1.807, 2.05) is 31.2 Å². The fourth-order valence-electron chi connectivity index (χ4n) is 3.40. The number of primary amides is 1. The first-order chi connectivity index (χ1) is 15.3. The number of hydrogen-bond acceptors (Lipinski definition) is 5. The molecular formula is C23H22N6O3. The van der Waals surface area contributed by atoms with Crippen molar-refractivity contribution in [1.82, 2.24) is 19.3 Å². The molecule has 0 spiro atoms. The molecule has 0 aliphatic carbocycles. The van der Waals surface area contributed by atoms with Crippen LogP contribution in [0.3, 0.4) is 0 Å². The van der Waals surface area contributed by atoms with Crippen LogP contribution < -0.4 is 16.6 Å². The minimum atomic E-state index is -0.536. The highest BCUT2D eigenvalue weighted by molar-refractivity contribution is 5.94. The molecule has 32 heavy (non-hydrogen) atoms. The maximum Gasteiger partial charge on any atom is 0.264 e. The molecule has 2 amide bonds. The summed E-state index contributed by atoms with van der Waals surface area (Å²) < 4.78 is 3.11. The molecule has 9 heteroatoms. The lowest BCUT2D eigenvalue weighted by Crippen LogP contribution is -2.26. The van der Waals surface area contributed by atoms with Crippen molar-refractivity contribution in [3.05, 3.63) is 82.0 Å². The average molecular weight is 430 g/mol. The van der Waals surface area contributed by atoms with E-state index in [1.165, 1.54) is 22.9 Å². The number of nitrogens with one attached hydrogen (secondary N) is 1. The van der Waals surface area contributed by atoms with Crippen molar-refractivity contribution in [2.24, 2.45) is 5.73 Å². The molecule has 2 aromatic carbocycles. The van der Waals surface area contributed by atoms with Gasteiger partial charge in [-0.3, -0.25) is 19.0 Å². The van der Waals surface area contributed by atoms with Gasteiger partial charge in [-0.2, -0.15) is 5.10 Å². The number of amides is 2. The molecule has 0 unspecified atom stereocenters. The second kappa shape index (κ2) is 8.46. The van der Waals surface area contributed by atoms with Gasteiger partial charge in [0.05, 0.1) is 11.9 Å². The van der Waals surface area contributed by atoms with Crippen molar-refractivity contribution in [3.63, 3.8) is 0 Å². The van der Waals surface area contributed by atoms with E-state index in [1.54, 1.807) is 23.7 Å². The number of fused-ring (bicyclic) bond motifs is 1. The van der Waals surface area contributed by atoms with Crippen molar-refractivity contribution in [2.75, 3.05) is 5.32 Å². The molecule has 0 atom stereocenters. The molecule has 0 saturated heterocycles. The van der Waals surface area contributed by atoms with E-state index < -0.39 is 5.91 Å². The Labute approximate surface area is 183 Å². The normalized spacial score (nSPS) is 10.9. The molecule has 9 nitrogen and oxygen atoms in total. The summed E-state index contributed by atoms with van der Waals surface area (Å²) in [5.41, 5.74) is 8.28. The van der Waals surface area contributed by atoms with Crippen molar-refractivity contribution in [3.8, 4) is 5.69 Å². The van der Waals surface area contributed by atoms with Crippen LogP contribution in [0, 0.1) is 13.8 Å². The van der Waals surface area contributed by atoms with Crippen LogP contribution in [-0.4, -0.2) is 31.1 Å².